The van der Waals surface area contributed by atoms with Crippen LogP contribution in [0.4, 0.5) is 5.13 Å². The van der Waals surface area contributed by atoms with Crippen molar-refractivity contribution in [1.82, 2.24) is 19.7 Å². The minimum atomic E-state index is 0.0575. The summed E-state index contributed by atoms with van der Waals surface area (Å²) >= 11 is 1.71. The van der Waals surface area contributed by atoms with Gasteiger partial charge in [-0.3, -0.25) is 9.48 Å². The Kier molecular flexibility index (Phi) is 3.72. The van der Waals surface area contributed by atoms with Crippen LogP contribution in [-0.2, 0) is 7.05 Å². The van der Waals surface area contributed by atoms with Crippen LogP contribution in [0, 0.1) is 6.92 Å². The zero-order valence-corrected chi connectivity index (χ0v) is 14.6. The van der Waals surface area contributed by atoms with Gasteiger partial charge in [-0.1, -0.05) is 23.5 Å². The Bertz CT molecular complexity index is 858. The molecule has 1 saturated heterocycles. The molecule has 0 aliphatic carbocycles. The van der Waals surface area contributed by atoms with Gasteiger partial charge in [0.05, 0.1) is 15.9 Å². The minimum absolute atomic E-state index is 0.0575. The first kappa shape index (κ1) is 15.1. The van der Waals surface area contributed by atoms with Crippen LogP contribution in [0.3, 0.4) is 0 Å². The van der Waals surface area contributed by atoms with Crippen molar-refractivity contribution < 1.29 is 4.79 Å². The van der Waals surface area contributed by atoms with Gasteiger partial charge in [-0.25, -0.2) is 4.98 Å². The molecule has 1 aromatic carbocycles. The Hall–Kier alpha value is -2.41. The lowest BCUT2D eigenvalue weighted by molar-refractivity contribution is 0.0735. The smallest absolute Gasteiger partial charge is 0.272 e. The molecule has 0 atom stereocenters. The molecule has 4 rings (SSSR count). The molecule has 0 radical (unpaired) electrons. The van der Waals surface area contributed by atoms with E-state index in [2.05, 4.69) is 16.1 Å². The largest absolute Gasteiger partial charge is 0.345 e. The van der Waals surface area contributed by atoms with Gasteiger partial charge >= 0.3 is 0 Å². The number of fused-ring (bicyclic) bond motifs is 1. The number of benzene rings is 1. The predicted molar refractivity (Wildman–Crippen MR) is 95.7 cm³/mol. The fraction of sp³-hybridized carbons (Fsp3) is 0.353. The fourth-order valence-electron chi connectivity index (χ4n) is 3.07. The highest BCUT2D eigenvalue weighted by molar-refractivity contribution is 7.22. The van der Waals surface area contributed by atoms with Crippen LogP contribution in [0.5, 0.6) is 0 Å². The molecule has 24 heavy (non-hydrogen) atoms. The van der Waals surface area contributed by atoms with Crippen LogP contribution in [0.2, 0.25) is 0 Å². The summed E-state index contributed by atoms with van der Waals surface area (Å²) < 4.78 is 2.87. The molecule has 7 heteroatoms. The van der Waals surface area contributed by atoms with Gasteiger partial charge < -0.3 is 9.80 Å². The highest BCUT2D eigenvalue weighted by Crippen LogP contribution is 2.29. The second kappa shape index (κ2) is 5.90. The van der Waals surface area contributed by atoms with Gasteiger partial charge in [-0.05, 0) is 25.1 Å². The summed E-state index contributed by atoms with van der Waals surface area (Å²) in [6, 6.07) is 10.0. The first-order valence-electron chi connectivity index (χ1n) is 8.02. The number of anilines is 1. The topological polar surface area (TPSA) is 54.3 Å². The number of para-hydroxylation sites is 1. The third-order valence-electron chi connectivity index (χ3n) is 4.34. The highest BCUT2D eigenvalue weighted by atomic mass is 32.1. The molecule has 1 amide bonds. The van der Waals surface area contributed by atoms with Crippen LogP contribution in [0.15, 0.2) is 30.3 Å². The number of aryl methyl sites for hydroxylation is 2. The van der Waals surface area contributed by atoms with Gasteiger partial charge in [-0.15, -0.1) is 0 Å². The van der Waals surface area contributed by atoms with E-state index in [4.69, 9.17) is 4.98 Å². The molecule has 124 valence electrons. The summed E-state index contributed by atoms with van der Waals surface area (Å²) in [7, 11) is 1.82. The van der Waals surface area contributed by atoms with Crippen LogP contribution >= 0.6 is 11.3 Å². The average molecular weight is 341 g/mol. The summed E-state index contributed by atoms with van der Waals surface area (Å²) in [6.45, 7) is 4.94. The zero-order valence-electron chi connectivity index (χ0n) is 13.8. The third-order valence-corrected chi connectivity index (χ3v) is 5.44. The summed E-state index contributed by atoms with van der Waals surface area (Å²) in [4.78, 5) is 21.5. The quantitative estimate of drug-likeness (QED) is 0.718. The second-order valence-corrected chi connectivity index (χ2v) is 7.05. The Morgan fingerprint density at radius 1 is 1.17 bits per heavy atom. The number of nitrogens with zero attached hydrogens (tertiary/aromatic N) is 5. The van der Waals surface area contributed by atoms with E-state index in [1.165, 1.54) is 4.70 Å². The number of carbonyl (C=O) groups is 1. The molecule has 3 heterocycles. The third kappa shape index (κ3) is 2.65. The van der Waals surface area contributed by atoms with E-state index in [9.17, 15) is 4.79 Å². The SMILES string of the molecule is Cc1cc(C(=O)N2CCN(c3nc4ccccc4s3)CC2)n(C)n1. The Balaban J connectivity index is 1.46. The first-order chi connectivity index (χ1) is 11.6. The second-order valence-electron chi connectivity index (χ2n) is 6.04. The van der Waals surface area contributed by atoms with E-state index in [0.717, 1.165) is 29.4 Å². The number of hydrogen-bond acceptors (Lipinski definition) is 5. The van der Waals surface area contributed by atoms with Crippen molar-refractivity contribution in [2.75, 3.05) is 31.1 Å². The molecular weight excluding hydrogens is 322 g/mol. The number of aromatic nitrogens is 3. The Labute approximate surface area is 144 Å². The van der Waals surface area contributed by atoms with Crippen LogP contribution in [0.1, 0.15) is 16.2 Å². The molecule has 1 aliphatic rings. The number of hydrogen-bond donors (Lipinski definition) is 0. The van der Waals surface area contributed by atoms with E-state index in [-0.39, 0.29) is 5.91 Å². The molecule has 0 bridgehead atoms. The zero-order chi connectivity index (χ0) is 16.7. The van der Waals surface area contributed by atoms with Crippen molar-refractivity contribution >= 4 is 32.6 Å². The number of rotatable bonds is 2. The monoisotopic (exact) mass is 341 g/mol. The Morgan fingerprint density at radius 3 is 2.58 bits per heavy atom. The lowest BCUT2D eigenvalue weighted by atomic mass is 10.2. The van der Waals surface area contributed by atoms with Crippen molar-refractivity contribution in [2.24, 2.45) is 7.05 Å². The van der Waals surface area contributed by atoms with Crippen LogP contribution < -0.4 is 4.90 Å². The molecule has 1 fully saturated rings. The molecule has 0 unspecified atom stereocenters. The van der Waals surface area contributed by atoms with Gasteiger partial charge in [0.15, 0.2) is 5.13 Å². The molecule has 1 aliphatic heterocycles. The lowest BCUT2D eigenvalue weighted by Crippen LogP contribution is -2.49. The number of carbonyl (C=O) groups excluding carboxylic acids is 1. The molecular formula is C17H19N5OS. The maximum atomic E-state index is 12.7. The van der Waals surface area contributed by atoms with Gasteiger partial charge in [0.2, 0.25) is 0 Å². The summed E-state index contributed by atoms with van der Waals surface area (Å²) in [5.74, 6) is 0.0575. The number of amides is 1. The summed E-state index contributed by atoms with van der Waals surface area (Å²) in [5, 5.41) is 5.31. The first-order valence-corrected chi connectivity index (χ1v) is 8.84. The van der Waals surface area contributed by atoms with Gasteiger partial charge in [-0.2, -0.15) is 5.10 Å². The van der Waals surface area contributed by atoms with Gasteiger partial charge in [0, 0.05) is 33.2 Å². The molecule has 6 nitrogen and oxygen atoms in total. The molecule has 3 aromatic rings. The van der Waals surface area contributed by atoms with E-state index in [0.29, 0.717) is 18.8 Å². The minimum Gasteiger partial charge on any atom is -0.345 e. The molecule has 0 saturated carbocycles. The van der Waals surface area contributed by atoms with E-state index in [1.54, 1.807) is 16.0 Å². The Morgan fingerprint density at radius 2 is 1.92 bits per heavy atom. The van der Waals surface area contributed by atoms with Crippen LogP contribution in [0.25, 0.3) is 10.2 Å². The molecule has 2 aromatic heterocycles. The van der Waals surface area contributed by atoms with E-state index in [1.807, 2.05) is 43.1 Å². The standard InChI is InChI=1S/C17H19N5OS/c1-12-11-14(20(2)19-12)16(23)21-7-9-22(10-8-21)17-18-13-5-3-4-6-15(13)24-17/h3-6,11H,7-10H2,1-2H3. The van der Waals surface area contributed by atoms with Crippen LogP contribution in [-0.4, -0.2) is 51.8 Å². The molecule has 0 spiro atoms. The average Bonchev–Trinajstić information content (AvgIpc) is 3.17. The van der Waals surface area contributed by atoms with E-state index >= 15 is 0 Å². The fourth-order valence-corrected chi connectivity index (χ4v) is 4.09. The lowest BCUT2D eigenvalue weighted by Gasteiger charge is -2.34. The molecule has 0 N–H and O–H groups in total. The maximum Gasteiger partial charge on any atom is 0.272 e. The van der Waals surface area contributed by atoms with Gasteiger partial charge in [0.25, 0.3) is 5.91 Å². The number of piperazine rings is 1. The maximum absolute atomic E-state index is 12.7. The van der Waals surface area contributed by atoms with Crippen molar-refractivity contribution in [3.8, 4) is 0 Å². The summed E-state index contributed by atoms with van der Waals surface area (Å²) in [5.41, 5.74) is 2.57. The summed E-state index contributed by atoms with van der Waals surface area (Å²) in [6.07, 6.45) is 0. The number of thiazole rings is 1. The van der Waals surface area contributed by atoms with Crippen molar-refractivity contribution in [3.63, 3.8) is 0 Å². The predicted octanol–water partition coefficient (Wildman–Crippen LogP) is 2.30. The highest BCUT2D eigenvalue weighted by Gasteiger charge is 2.25. The van der Waals surface area contributed by atoms with Gasteiger partial charge in [0.1, 0.15) is 5.69 Å². The normalized spacial score (nSPS) is 15.2. The van der Waals surface area contributed by atoms with Crippen molar-refractivity contribution in [2.45, 2.75) is 6.92 Å². The van der Waals surface area contributed by atoms with Crippen molar-refractivity contribution in [1.29, 1.82) is 0 Å². The van der Waals surface area contributed by atoms with E-state index < -0.39 is 0 Å². The van der Waals surface area contributed by atoms with Crippen molar-refractivity contribution in [3.05, 3.63) is 41.7 Å².